The van der Waals surface area contributed by atoms with E-state index in [0.29, 0.717) is 5.25 Å². The number of hydrogen-bond donors (Lipinski definition) is 1. The predicted molar refractivity (Wildman–Crippen MR) is 81.2 cm³/mol. The molecule has 2 rings (SSSR count). The van der Waals surface area contributed by atoms with E-state index in [1.54, 1.807) is 0 Å². The molecule has 1 heterocycles. The summed E-state index contributed by atoms with van der Waals surface area (Å²) in [6.45, 7) is 1.77. The largest absolute Gasteiger partial charge is 0.314 e. The Morgan fingerprint density at radius 2 is 2.17 bits per heavy atom. The molecule has 2 nitrogen and oxygen atoms in total. The molecule has 0 radical (unpaired) electrons. The van der Waals surface area contributed by atoms with Crippen molar-refractivity contribution >= 4 is 23.5 Å². The van der Waals surface area contributed by atoms with Crippen LogP contribution in [0.4, 0.5) is 0 Å². The van der Waals surface area contributed by atoms with Crippen LogP contribution in [0.25, 0.3) is 0 Å². The summed E-state index contributed by atoms with van der Waals surface area (Å²) in [5, 5.41) is 13.4. The lowest BCUT2D eigenvalue weighted by Crippen LogP contribution is -2.31. The van der Waals surface area contributed by atoms with Gasteiger partial charge in [0.1, 0.15) is 0 Å². The van der Waals surface area contributed by atoms with Crippen LogP contribution < -0.4 is 5.32 Å². The van der Waals surface area contributed by atoms with Gasteiger partial charge in [0, 0.05) is 35.6 Å². The van der Waals surface area contributed by atoms with Gasteiger partial charge in [-0.3, -0.25) is 0 Å². The van der Waals surface area contributed by atoms with Gasteiger partial charge >= 0.3 is 0 Å². The minimum Gasteiger partial charge on any atom is -0.314 e. The van der Waals surface area contributed by atoms with Gasteiger partial charge in [-0.25, -0.2) is 0 Å². The minimum absolute atomic E-state index is 0.0348. The molecule has 0 bridgehead atoms. The van der Waals surface area contributed by atoms with Gasteiger partial charge in [-0.15, -0.1) is 0 Å². The SMILES string of the molecule is N#CC(CNCC1CSCCS1)c1ccccc1. The Labute approximate surface area is 118 Å². The highest BCUT2D eigenvalue weighted by Gasteiger charge is 2.15. The van der Waals surface area contributed by atoms with E-state index in [9.17, 15) is 5.26 Å². The van der Waals surface area contributed by atoms with Gasteiger partial charge in [-0.1, -0.05) is 30.3 Å². The van der Waals surface area contributed by atoms with Crippen LogP contribution in [0.15, 0.2) is 30.3 Å². The van der Waals surface area contributed by atoms with E-state index in [1.807, 2.05) is 42.1 Å². The maximum absolute atomic E-state index is 9.22. The molecule has 4 heteroatoms. The van der Waals surface area contributed by atoms with Gasteiger partial charge in [0.25, 0.3) is 0 Å². The van der Waals surface area contributed by atoms with Gasteiger partial charge in [0.2, 0.25) is 0 Å². The van der Waals surface area contributed by atoms with Crippen molar-refractivity contribution in [3.8, 4) is 6.07 Å². The summed E-state index contributed by atoms with van der Waals surface area (Å²) >= 11 is 4.09. The lowest BCUT2D eigenvalue weighted by molar-refractivity contribution is 0.650. The lowest BCUT2D eigenvalue weighted by atomic mass is 10.0. The number of nitrogens with one attached hydrogen (secondary N) is 1. The Morgan fingerprint density at radius 1 is 1.33 bits per heavy atom. The van der Waals surface area contributed by atoms with Crippen molar-refractivity contribution in [2.75, 3.05) is 30.3 Å². The molecular weight excluding hydrogens is 260 g/mol. The zero-order valence-electron chi connectivity index (χ0n) is 10.3. The molecule has 18 heavy (non-hydrogen) atoms. The third kappa shape index (κ3) is 4.24. The van der Waals surface area contributed by atoms with E-state index in [4.69, 9.17) is 0 Å². The van der Waals surface area contributed by atoms with Gasteiger partial charge in [-0.05, 0) is 5.56 Å². The molecule has 1 aliphatic rings. The Morgan fingerprint density at radius 3 is 2.83 bits per heavy atom. The average molecular weight is 278 g/mol. The molecule has 1 aliphatic heterocycles. The van der Waals surface area contributed by atoms with E-state index in [-0.39, 0.29) is 5.92 Å². The zero-order valence-corrected chi connectivity index (χ0v) is 12.0. The zero-order chi connectivity index (χ0) is 12.6. The molecule has 1 aromatic carbocycles. The molecule has 96 valence electrons. The topological polar surface area (TPSA) is 35.8 Å². The number of nitrogens with zero attached hydrogens (tertiary/aromatic N) is 1. The summed E-state index contributed by atoms with van der Waals surface area (Å²) in [7, 11) is 0. The maximum Gasteiger partial charge on any atom is 0.0837 e. The van der Waals surface area contributed by atoms with Crippen LogP contribution in [0.1, 0.15) is 11.5 Å². The fourth-order valence-corrected chi connectivity index (χ4v) is 4.61. The molecule has 1 aromatic rings. The van der Waals surface area contributed by atoms with Crippen LogP contribution in [-0.2, 0) is 0 Å². The number of hydrogen-bond acceptors (Lipinski definition) is 4. The number of rotatable bonds is 5. The Bertz CT molecular complexity index is 383. The molecule has 0 saturated carbocycles. The first-order valence-corrected chi connectivity index (χ1v) is 8.45. The van der Waals surface area contributed by atoms with E-state index < -0.39 is 0 Å². The van der Waals surface area contributed by atoms with Crippen LogP contribution in [0, 0.1) is 11.3 Å². The predicted octanol–water partition coefficient (Wildman–Crippen LogP) is 2.73. The van der Waals surface area contributed by atoms with Crippen molar-refractivity contribution in [3.63, 3.8) is 0 Å². The molecule has 0 aromatic heterocycles. The third-order valence-electron chi connectivity index (χ3n) is 2.96. The standard InChI is InChI=1S/C14H18N2S2/c15-8-13(12-4-2-1-3-5-12)9-16-10-14-11-17-6-7-18-14/h1-5,13-14,16H,6-7,9-11H2. The summed E-state index contributed by atoms with van der Waals surface area (Å²) in [4.78, 5) is 0. The quantitative estimate of drug-likeness (QED) is 0.898. The van der Waals surface area contributed by atoms with Gasteiger partial charge in [0.05, 0.1) is 12.0 Å². The van der Waals surface area contributed by atoms with Gasteiger partial charge in [-0.2, -0.15) is 28.8 Å². The summed E-state index contributed by atoms with van der Waals surface area (Å²) < 4.78 is 0. The van der Waals surface area contributed by atoms with E-state index in [0.717, 1.165) is 18.7 Å². The number of nitriles is 1. The van der Waals surface area contributed by atoms with E-state index in [1.165, 1.54) is 17.3 Å². The lowest BCUT2D eigenvalue weighted by Gasteiger charge is -2.21. The Balaban J connectivity index is 1.76. The van der Waals surface area contributed by atoms with E-state index in [2.05, 4.69) is 23.1 Å². The highest BCUT2D eigenvalue weighted by Crippen LogP contribution is 2.23. The Hall–Kier alpha value is -0.630. The minimum atomic E-state index is -0.0348. The third-order valence-corrected chi connectivity index (χ3v) is 5.81. The fourth-order valence-electron chi connectivity index (χ4n) is 1.97. The summed E-state index contributed by atoms with van der Waals surface area (Å²) in [6, 6.07) is 12.4. The molecule has 1 N–H and O–H groups in total. The molecule has 2 unspecified atom stereocenters. The molecular formula is C14H18N2S2. The highest BCUT2D eigenvalue weighted by molar-refractivity contribution is 8.06. The van der Waals surface area contributed by atoms with Crippen LogP contribution in [-0.4, -0.2) is 35.6 Å². The molecule has 2 atom stereocenters. The Kier molecular flexibility index (Phi) is 5.92. The average Bonchev–Trinajstić information content (AvgIpc) is 2.46. The summed E-state index contributed by atoms with van der Waals surface area (Å²) in [6.07, 6.45) is 0. The van der Waals surface area contributed by atoms with Crippen molar-refractivity contribution in [2.24, 2.45) is 0 Å². The highest BCUT2D eigenvalue weighted by atomic mass is 32.2. The second-order valence-corrected chi connectivity index (χ2v) is 6.88. The fraction of sp³-hybridized carbons (Fsp3) is 0.500. The van der Waals surface area contributed by atoms with Crippen molar-refractivity contribution < 1.29 is 0 Å². The molecule has 1 fully saturated rings. The normalized spacial score (nSPS) is 21.2. The molecule has 0 amide bonds. The van der Waals surface area contributed by atoms with Crippen LogP contribution >= 0.6 is 23.5 Å². The van der Waals surface area contributed by atoms with Gasteiger partial charge in [0.15, 0.2) is 0 Å². The van der Waals surface area contributed by atoms with Crippen molar-refractivity contribution in [3.05, 3.63) is 35.9 Å². The second kappa shape index (κ2) is 7.73. The first-order chi connectivity index (χ1) is 8.90. The van der Waals surface area contributed by atoms with Crippen molar-refractivity contribution in [1.82, 2.24) is 5.32 Å². The van der Waals surface area contributed by atoms with Crippen molar-refractivity contribution in [2.45, 2.75) is 11.2 Å². The summed E-state index contributed by atoms with van der Waals surface area (Å²) in [5.41, 5.74) is 1.11. The van der Waals surface area contributed by atoms with Crippen LogP contribution in [0.2, 0.25) is 0 Å². The summed E-state index contributed by atoms with van der Waals surface area (Å²) in [5.74, 6) is 3.75. The maximum atomic E-state index is 9.22. The monoisotopic (exact) mass is 278 g/mol. The molecule has 1 saturated heterocycles. The number of thioether (sulfide) groups is 2. The van der Waals surface area contributed by atoms with Gasteiger partial charge < -0.3 is 5.32 Å². The molecule has 0 spiro atoms. The van der Waals surface area contributed by atoms with Crippen LogP contribution in [0.3, 0.4) is 0 Å². The van der Waals surface area contributed by atoms with Crippen LogP contribution in [0.5, 0.6) is 0 Å². The first-order valence-electron chi connectivity index (χ1n) is 6.25. The van der Waals surface area contributed by atoms with E-state index >= 15 is 0 Å². The molecule has 0 aliphatic carbocycles. The number of benzene rings is 1. The van der Waals surface area contributed by atoms with Crippen molar-refractivity contribution in [1.29, 1.82) is 5.26 Å². The smallest absolute Gasteiger partial charge is 0.0837 e. The second-order valence-electron chi connectivity index (χ2n) is 4.32. The first kappa shape index (κ1) is 13.8.